The van der Waals surface area contributed by atoms with Crippen molar-refractivity contribution in [1.29, 1.82) is 5.26 Å². The summed E-state index contributed by atoms with van der Waals surface area (Å²) in [7, 11) is 0. The molecule has 1 aromatic carbocycles. The molecule has 1 fully saturated rings. The number of β-amino-alcohol motifs (C(OH)–C–C–N with tert-alkyl or cyclic N) is 1. The fourth-order valence-corrected chi connectivity index (χ4v) is 2.58. The van der Waals surface area contributed by atoms with Gasteiger partial charge in [-0.3, -0.25) is 0 Å². The molecule has 1 aromatic rings. The zero-order valence-electron chi connectivity index (χ0n) is 12.0. The van der Waals surface area contributed by atoms with Gasteiger partial charge in [-0.15, -0.1) is 0 Å². The molecule has 1 aliphatic heterocycles. The fourth-order valence-electron chi connectivity index (χ4n) is 2.58. The Morgan fingerprint density at radius 3 is 2.80 bits per heavy atom. The van der Waals surface area contributed by atoms with Gasteiger partial charge in [-0.25, -0.2) is 0 Å². The van der Waals surface area contributed by atoms with Crippen molar-refractivity contribution in [2.24, 2.45) is 5.92 Å². The van der Waals surface area contributed by atoms with Crippen LogP contribution in [0.15, 0.2) is 24.3 Å². The monoisotopic (exact) mass is 274 g/mol. The minimum absolute atomic E-state index is 0.291. The van der Waals surface area contributed by atoms with E-state index in [4.69, 9.17) is 10.00 Å². The minimum Gasteiger partial charge on any atom is -0.491 e. The highest BCUT2D eigenvalue weighted by molar-refractivity contribution is 5.34. The SMILES string of the molecule is CCC1CCN(CC(O)COc2ccc(C#N)cc2)C1. The van der Waals surface area contributed by atoms with Crippen molar-refractivity contribution >= 4 is 0 Å². The van der Waals surface area contributed by atoms with Gasteiger partial charge < -0.3 is 14.7 Å². The molecule has 1 aliphatic rings. The molecule has 4 nitrogen and oxygen atoms in total. The average Bonchev–Trinajstić information content (AvgIpc) is 2.93. The molecule has 0 aliphatic carbocycles. The maximum Gasteiger partial charge on any atom is 0.119 e. The number of ether oxygens (including phenoxy) is 1. The Bertz CT molecular complexity index is 453. The molecule has 0 aromatic heterocycles. The molecule has 1 saturated heterocycles. The Balaban J connectivity index is 1.72. The highest BCUT2D eigenvalue weighted by Crippen LogP contribution is 2.19. The van der Waals surface area contributed by atoms with Crippen molar-refractivity contribution < 1.29 is 9.84 Å². The summed E-state index contributed by atoms with van der Waals surface area (Å²) in [6.07, 6.45) is 1.98. The van der Waals surface area contributed by atoms with Crippen LogP contribution in [0.5, 0.6) is 5.75 Å². The second kappa shape index (κ2) is 7.28. The quantitative estimate of drug-likeness (QED) is 0.862. The van der Waals surface area contributed by atoms with Gasteiger partial charge in [0, 0.05) is 13.1 Å². The van der Waals surface area contributed by atoms with Crippen LogP contribution >= 0.6 is 0 Å². The highest BCUT2D eigenvalue weighted by Gasteiger charge is 2.22. The van der Waals surface area contributed by atoms with E-state index >= 15 is 0 Å². The fraction of sp³-hybridized carbons (Fsp3) is 0.562. The summed E-state index contributed by atoms with van der Waals surface area (Å²) in [5.74, 6) is 1.47. The molecule has 20 heavy (non-hydrogen) atoms. The first-order valence-electron chi connectivity index (χ1n) is 7.24. The first kappa shape index (κ1) is 14.8. The number of rotatable bonds is 6. The van der Waals surface area contributed by atoms with E-state index in [1.165, 1.54) is 12.8 Å². The van der Waals surface area contributed by atoms with E-state index < -0.39 is 6.10 Å². The van der Waals surface area contributed by atoms with E-state index in [2.05, 4.69) is 17.9 Å². The topological polar surface area (TPSA) is 56.5 Å². The maximum absolute atomic E-state index is 10.0. The summed E-state index contributed by atoms with van der Waals surface area (Å²) in [5, 5.41) is 18.7. The van der Waals surface area contributed by atoms with Gasteiger partial charge in [0.2, 0.25) is 0 Å². The second-order valence-electron chi connectivity index (χ2n) is 5.42. The number of aliphatic hydroxyl groups is 1. The summed E-state index contributed by atoms with van der Waals surface area (Å²) in [6, 6.07) is 9.01. The molecule has 0 spiro atoms. The lowest BCUT2D eigenvalue weighted by atomic mass is 10.1. The molecule has 1 heterocycles. The molecular weight excluding hydrogens is 252 g/mol. The molecule has 4 heteroatoms. The maximum atomic E-state index is 10.0. The van der Waals surface area contributed by atoms with Gasteiger partial charge in [-0.1, -0.05) is 13.3 Å². The summed E-state index contributed by atoms with van der Waals surface area (Å²) >= 11 is 0. The van der Waals surface area contributed by atoms with Gasteiger partial charge in [0.25, 0.3) is 0 Å². The van der Waals surface area contributed by atoms with E-state index in [1.807, 2.05) is 0 Å². The molecule has 2 rings (SSSR count). The molecule has 1 N–H and O–H groups in total. The lowest BCUT2D eigenvalue weighted by Crippen LogP contribution is -2.34. The lowest BCUT2D eigenvalue weighted by Gasteiger charge is -2.20. The van der Waals surface area contributed by atoms with Gasteiger partial charge in [0.05, 0.1) is 11.6 Å². The number of nitriles is 1. The predicted molar refractivity (Wildman–Crippen MR) is 77.5 cm³/mol. The molecule has 0 radical (unpaired) electrons. The van der Waals surface area contributed by atoms with Crippen LogP contribution in [0, 0.1) is 17.2 Å². The molecular formula is C16H22N2O2. The summed E-state index contributed by atoms with van der Waals surface area (Å²) in [6.45, 7) is 5.35. The second-order valence-corrected chi connectivity index (χ2v) is 5.42. The van der Waals surface area contributed by atoms with E-state index in [0.717, 1.165) is 19.0 Å². The van der Waals surface area contributed by atoms with Crippen molar-refractivity contribution in [3.05, 3.63) is 29.8 Å². The van der Waals surface area contributed by atoms with Crippen molar-refractivity contribution in [3.63, 3.8) is 0 Å². The predicted octanol–water partition coefficient (Wildman–Crippen LogP) is 2.03. The lowest BCUT2D eigenvalue weighted by molar-refractivity contribution is 0.0746. The van der Waals surface area contributed by atoms with E-state index in [1.54, 1.807) is 24.3 Å². The van der Waals surface area contributed by atoms with Crippen molar-refractivity contribution in [2.45, 2.75) is 25.9 Å². The van der Waals surface area contributed by atoms with Gasteiger partial charge in [-0.05, 0) is 43.1 Å². The zero-order valence-corrected chi connectivity index (χ0v) is 12.0. The minimum atomic E-state index is -0.471. The number of hydrogen-bond acceptors (Lipinski definition) is 4. The third-order valence-electron chi connectivity index (χ3n) is 3.84. The van der Waals surface area contributed by atoms with Crippen LogP contribution in [0.1, 0.15) is 25.3 Å². The molecule has 2 atom stereocenters. The first-order chi connectivity index (χ1) is 9.71. The molecule has 0 bridgehead atoms. The van der Waals surface area contributed by atoms with Crippen molar-refractivity contribution in [3.8, 4) is 11.8 Å². The third-order valence-corrected chi connectivity index (χ3v) is 3.84. The Morgan fingerprint density at radius 2 is 2.20 bits per heavy atom. The van der Waals surface area contributed by atoms with Crippen LogP contribution in [-0.2, 0) is 0 Å². The number of nitrogens with zero attached hydrogens (tertiary/aromatic N) is 2. The average molecular weight is 274 g/mol. The van der Waals surface area contributed by atoms with Crippen LogP contribution < -0.4 is 4.74 Å². The van der Waals surface area contributed by atoms with Gasteiger partial charge >= 0.3 is 0 Å². The van der Waals surface area contributed by atoms with Crippen LogP contribution in [0.25, 0.3) is 0 Å². The van der Waals surface area contributed by atoms with Crippen LogP contribution in [0.2, 0.25) is 0 Å². The van der Waals surface area contributed by atoms with Crippen LogP contribution in [0.3, 0.4) is 0 Å². The summed E-state index contributed by atoms with van der Waals surface area (Å²) < 4.78 is 5.54. The molecule has 2 unspecified atom stereocenters. The largest absolute Gasteiger partial charge is 0.491 e. The smallest absolute Gasteiger partial charge is 0.119 e. The Kier molecular flexibility index (Phi) is 5.40. The summed E-state index contributed by atoms with van der Waals surface area (Å²) in [4.78, 5) is 2.31. The molecule has 0 saturated carbocycles. The van der Waals surface area contributed by atoms with Gasteiger partial charge in [-0.2, -0.15) is 5.26 Å². The first-order valence-corrected chi connectivity index (χ1v) is 7.24. The van der Waals surface area contributed by atoms with E-state index in [-0.39, 0.29) is 0 Å². The van der Waals surface area contributed by atoms with Crippen molar-refractivity contribution in [1.82, 2.24) is 4.90 Å². The third kappa shape index (κ3) is 4.22. The van der Waals surface area contributed by atoms with E-state index in [9.17, 15) is 5.11 Å². The Labute approximate surface area is 120 Å². The number of hydrogen-bond donors (Lipinski definition) is 1. The molecule has 108 valence electrons. The zero-order chi connectivity index (χ0) is 14.4. The number of benzene rings is 1. The van der Waals surface area contributed by atoms with E-state index in [0.29, 0.717) is 24.5 Å². The summed E-state index contributed by atoms with van der Waals surface area (Å²) in [5.41, 5.74) is 0.612. The Hall–Kier alpha value is -1.57. The highest BCUT2D eigenvalue weighted by atomic mass is 16.5. The number of likely N-dealkylation sites (tertiary alicyclic amines) is 1. The van der Waals surface area contributed by atoms with Crippen LogP contribution in [-0.4, -0.2) is 42.4 Å². The van der Waals surface area contributed by atoms with Gasteiger partial charge in [0.15, 0.2) is 0 Å². The molecule has 0 amide bonds. The number of aliphatic hydroxyl groups excluding tert-OH is 1. The standard InChI is InChI=1S/C16H22N2O2/c1-2-13-7-8-18(10-13)11-15(19)12-20-16-5-3-14(9-17)4-6-16/h3-6,13,15,19H,2,7-8,10-12H2,1H3. The normalized spacial score (nSPS) is 20.6. The van der Waals surface area contributed by atoms with Crippen molar-refractivity contribution in [2.75, 3.05) is 26.2 Å². The van der Waals surface area contributed by atoms with Crippen LogP contribution in [0.4, 0.5) is 0 Å². The van der Waals surface area contributed by atoms with Gasteiger partial charge in [0.1, 0.15) is 18.5 Å². The Morgan fingerprint density at radius 1 is 1.45 bits per heavy atom.